The van der Waals surface area contributed by atoms with Gasteiger partial charge in [-0.3, -0.25) is 9.59 Å². The van der Waals surface area contributed by atoms with Gasteiger partial charge in [0, 0.05) is 29.4 Å². The van der Waals surface area contributed by atoms with Crippen molar-refractivity contribution in [2.45, 2.75) is 58.0 Å². The first-order valence-corrected chi connectivity index (χ1v) is 11.7. The van der Waals surface area contributed by atoms with Gasteiger partial charge in [0.25, 0.3) is 5.56 Å². The number of fused-ring (bicyclic) bond motifs is 1. The molecule has 1 aliphatic heterocycles. The van der Waals surface area contributed by atoms with E-state index in [9.17, 15) is 14.0 Å². The first kappa shape index (κ1) is 21.8. The van der Waals surface area contributed by atoms with E-state index in [1.165, 1.54) is 23.9 Å². The van der Waals surface area contributed by atoms with Gasteiger partial charge in [-0.05, 0) is 41.9 Å². The third kappa shape index (κ3) is 4.47. The first-order chi connectivity index (χ1) is 14.6. The summed E-state index contributed by atoms with van der Waals surface area (Å²) in [6, 6.07) is 6.15. The number of ketones is 1. The molecule has 31 heavy (non-hydrogen) atoms. The SMILES string of the molecule is CC(C)CCSc1nc2c(c(=O)[nH]1)C(c1cccc(F)c1)C1=C(CC(C)(C)CC1=O)N2. The van der Waals surface area contributed by atoms with Gasteiger partial charge in [0.15, 0.2) is 10.9 Å². The molecular formula is C24H28FN3O2S. The van der Waals surface area contributed by atoms with Crippen LogP contribution in [0.25, 0.3) is 0 Å². The molecule has 0 amide bonds. The molecule has 0 radical (unpaired) electrons. The molecule has 0 bridgehead atoms. The van der Waals surface area contributed by atoms with Crippen molar-refractivity contribution < 1.29 is 9.18 Å². The van der Waals surface area contributed by atoms with Crippen molar-refractivity contribution in [3.63, 3.8) is 0 Å². The maximum Gasteiger partial charge on any atom is 0.257 e. The fourth-order valence-corrected chi connectivity index (χ4v) is 5.48. The van der Waals surface area contributed by atoms with E-state index in [-0.39, 0.29) is 16.8 Å². The normalized spacial score (nSPS) is 19.8. The lowest BCUT2D eigenvalue weighted by Crippen LogP contribution is -2.37. The molecule has 0 saturated carbocycles. The van der Waals surface area contributed by atoms with Crippen LogP contribution in [0.4, 0.5) is 10.2 Å². The lowest BCUT2D eigenvalue weighted by molar-refractivity contribution is -0.118. The number of hydrogen-bond acceptors (Lipinski definition) is 5. The summed E-state index contributed by atoms with van der Waals surface area (Å²) < 4.78 is 14.1. The van der Waals surface area contributed by atoms with Crippen molar-refractivity contribution in [1.82, 2.24) is 9.97 Å². The summed E-state index contributed by atoms with van der Waals surface area (Å²) in [6.07, 6.45) is 2.08. The number of allylic oxidation sites excluding steroid dienone is 2. The summed E-state index contributed by atoms with van der Waals surface area (Å²) >= 11 is 1.52. The number of benzene rings is 1. The predicted molar refractivity (Wildman–Crippen MR) is 122 cm³/mol. The minimum atomic E-state index is -0.628. The zero-order valence-electron chi connectivity index (χ0n) is 18.3. The second kappa shape index (κ2) is 8.26. The van der Waals surface area contributed by atoms with Crippen LogP contribution in [0.1, 0.15) is 64.0 Å². The molecular weight excluding hydrogens is 413 g/mol. The highest BCUT2D eigenvalue weighted by atomic mass is 32.2. The number of anilines is 1. The van der Waals surface area contributed by atoms with Gasteiger partial charge in [0.1, 0.15) is 11.6 Å². The quantitative estimate of drug-likeness (QED) is 0.490. The molecule has 4 rings (SSSR count). The molecule has 1 aromatic carbocycles. The number of carbonyl (C=O) groups is 1. The fraction of sp³-hybridized carbons (Fsp3) is 0.458. The Morgan fingerprint density at radius 2 is 2.03 bits per heavy atom. The smallest absolute Gasteiger partial charge is 0.257 e. The van der Waals surface area contributed by atoms with E-state index in [1.54, 1.807) is 12.1 Å². The molecule has 0 saturated heterocycles. The second-order valence-electron chi connectivity index (χ2n) is 9.61. The second-order valence-corrected chi connectivity index (χ2v) is 10.7. The van der Waals surface area contributed by atoms with E-state index in [1.807, 2.05) is 0 Å². The van der Waals surface area contributed by atoms with Crippen molar-refractivity contribution >= 4 is 23.4 Å². The summed E-state index contributed by atoms with van der Waals surface area (Å²) in [4.78, 5) is 33.9. The van der Waals surface area contributed by atoms with E-state index in [2.05, 4.69) is 38.0 Å². The van der Waals surface area contributed by atoms with Crippen molar-refractivity contribution in [3.8, 4) is 0 Å². The van der Waals surface area contributed by atoms with Crippen LogP contribution in [0.15, 0.2) is 45.5 Å². The Balaban J connectivity index is 1.83. The molecule has 2 heterocycles. The van der Waals surface area contributed by atoms with E-state index < -0.39 is 11.7 Å². The summed E-state index contributed by atoms with van der Waals surface area (Å²) in [7, 11) is 0. The van der Waals surface area contributed by atoms with Crippen LogP contribution in [0.2, 0.25) is 0 Å². The number of aromatic amines is 1. The Labute approximate surface area is 185 Å². The third-order valence-corrected chi connectivity index (χ3v) is 6.72. The number of halogens is 1. The highest BCUT2D eigenvalue weighted by Gasteiger charge is 2.42. The molecule has 2 N–H and O–H groups in total. The van der Waals surface area contributed by atoms with Gasteiger partial charge in [-0.2, -0.15) is 0 Å². The topological polar surface area (TPSA) is 74.8 Å². The minimum absolute atomic E-state index is 0.00607. The monoisotopic (exact) mass is 441 g/mol. The van der Waals surface area contributed by atoms with Crippen LogP contribution < -0.4 is 10.9 Å². The van der Waals surface area contributed by atoms with E-state index in [0.29, 0.717) is 46.4 Å². The number of Topliss-reactive ketones (excluding diaryl/α,β-unsaturated/α-hetero) is 1. The number of carbonyl (C=O) groups excluding carboxylic acids is 1. The molecule has 1 unspecified atom stereocenters. The molecule has 1 aromatic heterocycles. The van der Waals surface area contributed by atoms with Crippen LogP contribution in [-0.2, 0) is 4.79 Å². The average molecular weight is 442 g/mol. The molecule has 5 nitrogen and oxygen atoms in total. The molecule has 0 fully saturated rings. The van der Waals surface area contributed by atoms with Crippen LogP contribution in [-0.4, -0.2) is 21.5 Å². The Morgan fingerprint density at radius 1 is 1.26 bits per heavy atom. The van der Waals surface area contributed by atoms with Gasteiger partial charge in [-0.1, -0.05) is 51.6 Å². The van der Waals surface area contributed by atoms with Crippen molar-refractivity contribution in [3.05, 3.63) is 62.8 Å². The third-order valence-electron chi connectivity index (χ3n) is 5.82. The van der Waals surface area contributed by atoms with Gasteiger partial charge in [-0.25, -0.2) is 9.37 Å². The van der Waals surface area contributed by atoms with Gasteiger partial charge in [0.05, 0.1) is 5.56 Å². The van der Waals surface area contributed by atoms with Crippen molar-refractivity contribution in [2.24, 2.45) is 11.3 Å². The lowest BCUT2D eigenvalue weighted by atomic mass is 9.69. The molecule has 164 valence electrons. The van der Waals surface area contributed by atoms with Gasteiger partial charge in [0.2, 0.25) is 0 Å². The molecule has 2 aromatic rings. The van der Waals surface area contributed by atoms with Crippen LogP contribution in [0.3, 0.4) is 0 Å². The zero-order valence-corrected chi connectivity index (χ0v) is 19.2. The summed E-state index contributed by atoms with van der Waals surface area (Å²) in [6.45, 7) is 8.43. The van der Waals surface area contributed by atoms with E-state index in [0.717, 1.165) is 17.9 Å². The number of aromatic nitrogens is 2. The Hall–Kier alpha value is -2.41. The Morgan fingerprint density at radius 3 is 2.74 bits per heavy atom. The fourth-order valence-electron chi connectivity index (χ4n) is 4.37. The molecule has 2 aliphatic rings. The Bertz CT molecular complexity index is 1120. The zero-order chi connectivity index (χ0) is 22.3. The largest absolute Gasteiger partial charge is 0.343 e. The molecule has 1 aliphatic carbocycles. The van der Waals surface area contributed by atoms with Gasteiger partial charge >= 0.3 is 0 Å². The van der Waals surface area contributed by atoms with Crippen LogP contribution >= 0.6 is 11.8 Å². The van der Waals surface area contributed by atoms with Crippen LogP contribution in [0, 0.1) is 17.2 Å². The number of hydrogen-bond donors (Lipinski definition) is 2. The van der Waals surface area contributed by atoms with E-state index >= 15 is 0 Å². The first-order valence-electron chi connectivity index (χ1n) is 10.7. The molecule has 1 atom stereocenters. The number of thioether (sulfide) groups is 1. The maximum atomic E-state index is 14.1. The van der Waals surface area contributed by atoms with Gasteiger partial charge in [-0.15, -0.1) is 0 Å². The minimum Gasteiger partial charge on any atom is -0.343 e. The highest BCUT2D eigenvalue weighted by Crippen LogP contribution is 2.47. The standard InChI is InChI=1S/C24H28FN3O2S/c1-13(2)8-9-31-23-27-21-20(22(30)28-23)18(14-6-5-7-15(25)10-14)19-16(26-21)11-24(3,4)12-17(19)29/h5-7,10,13,18H,8-9,11-12H2,1-4H3,(H2,26,27,28,30). The average Bonchev–Trinajstić information content (AvgIpc) is 2.65. The van der Waals surface area contributed by atoms with Crippen molar-refractivity contribution in [1.29, 1.82) is 0 Å². The number of rotatable bonds is 5. The Kier molecular flexibility index (Phi) is 5.81. The highest BCUT2D eigenvalue weighted by molar-refractivity contribution is 7.99. The summed E-state index contributed by atoms with van der Waals surface area (Å²) in [5.41, 5.74) is 1.84. The molecule has 7 heteroatoms. The predicted octanol–water partition coefficient (Wildman–Crippen LogP) is 5.25. The number of nitrogens with one attached hydrogen (secondary N) is 2. The number of H-pyrrole nitrogens is 1. The summed E-state index contributed by atoms with van der Waals surface area (Å²) in [5, 5.41) is 3.86. The molecule has 0 spiro atoms. The van der Waals surface area contributed by atoms with Crippen molar-refractivity contribution in [2.75, 3.05) is 11.1 Å². The maximum absolute atomic E-state index is 14.1. The van der Waals surface area contributed by atoms with E-state index in [4.69, 9.17) is 4.98 Å². The van der Waals surface area contributed by atoms with Gasteiger partial charge < -0.3 is 10.3 Å². The number of nitrogens with zero attached hydrogens (tertiary/aromatic N) is 1. The lowest BCUT2D eigenvalue weighted by Gasteiger charge is -2.38. The summed E-state index contributed by atoms with van der Waals surface area (Å²) in [5.74, 6) is 0.856. The van der Waals surface area contributed by atoms with Crippen LogP contribution in [0.5, 0.6) is 0 Å².